The Labute approximate surface area is 133 Å². The van der Waals surface area contributed by atoms with Gasteiger partial charge in [-0.2, -0.15) is 0 Å². The van der Waals surface area contributed by atoms with Crippen molar-refractivity contribution in [3.05, 3.63) is 34.9 Å². The van der Waals surface area contributed by atoms with Crippen LogP contribution in [0.15, 0.2) is 18.2 Å². The largest absolute Gasteiger partial charge is 0.389 e. The Hall–Kier alpha value is -1.35. The van der Waals surface area contributed by atoms with E-state index in [9.17, 15) is 9.90 Å². The van der Waals surface area contributed by atoms with Crippen LogP contribution in [0.3, 0.4) is 0 Å². The summed E-state index contributed by atoms with van der Waals surface area (Å²) in [6.45, 7) is 5.07. The SMILES string of the molecule is Cc1ccc(C2CCCN2C(=O)CC2(O)CCCC2)cc1C. The van der Waals surface area contributed by atoms with Crippen LogP contribution in [-0.4, -0.2) is 28.1 Å². The second-order valence-electron chi connectivity index (χ2n) is 7.20. The lowest BCUT2D eigenvalue weighted by molar-refractivity contribution is -0.137. The number of aliphatic hydroxyl groups is 1. The number of rotatable bonds is 3. The Morgan fingerprint density at radius 2 is 1.95 bits per heavy atom. The summed E-state index contributed by atoms with van der Waals surface area (Å²) in [5.74, 6) is 0.130. The predicted molar refractivity (Wildman–Crippen MR) is 87.6 cm³/mol. The number of carbonyl (C=O) groups excluding carboxylic acids is 1. The van der Waals surface area contributed by atoms with Gasteiger partial charge >= 0.3 is 0 Å². The van der Waals surface area contributed by atoms with Crippen molar-refractivity contribution >= 4 is 5.91 Å². The van der Waals surface area contributed by atoms with E-state index in [1.165, 1.54) is 16.7 Å². The van der Waals surface area contributed by atoms with Crippen LogP contribution in [0.4, 0.5) is 0 Å². The summed E-state index contributed by atoms with van der Waals surface area (Å²) >= 11 is 0. The van der Waals surface area contributed by atoms with Gasteiger partial charge in [-0.05, 0) is 56.2 Å². The number of likely N-dealkylation sites (tertiary alicyclic amines) is 1. The van der Waals surface area contributed by atoms with Crippen LogP contribution in [0.25, 0.3) is 0 Å². The molecule has 1 N–H and O–H groups in total. The molecule has 22 heavy (non-hydrogen) atoms. The molecule has 1 aliphatic heterocycles. The van der Waals surface area contributed by atoms with E-state index in [0.717, 1.165) is 45.1 Å². The van der Waals surface area contributed by atoms with Gasteiger partial charge in [0.2, 0.25) is 5.91 Å². The van der Waals surface area contributed by atoms with E-state index in [4.69, 9.17) is 0 Å². The van der Waals surface area contributed by atoms with Crippen molar-refractivity contribution < 1.29 is 9.90 Å². The first-order valence-electron chi connectivity index (χ1n) is 8.57. The predicted octanol–water partition coefficient (Wildman–Crippen LogP) is 3.66. The van der Waals surface area contributed by atoms with Crippen molar-refractivity contribution in [1.82, 2.24) is 4.90 Å². The summed E-state index contributed by atoms with van der Waals surface area (Å²) in [6, 6.07) is 6.71. The molecular weight excluding hydrogens is 274 g/mol. The van der Waals surface area contributed by atoms with Crippen molar-refractivity contribution in [1.29, 1.82) is 0 Å². The number of benzene rings is 1. The zero-order valence-electron chi connectivity index (χ0n) is 13.8. The maximum atomic E-state index is 12.7. The molecule has 0 bridgehead atoms. The average molecular weight is 301 g/mol. The van der Waals surface area contributed by atoms with Crippen molar-refractivity contribution in [2.24, 2.45) is 0 Å². The van der Waals surface area contributed by atoms with Gasteiger partial charge in [0.1, 0.15) is 0 Å². The molecule has 1 saturated heterocycles. The van der Waals surface area contributed by atoms with E-state index in [0.29, 0.717) is 6.42 Å². The van der Waals surface area contributed by atoms with Gasteiger partial charge in [-0.1, -0.05) is 31.0 Å². The van der Waals surface area contributed by atoms with E-state index in [1.807, 2.05) is 4.90 Å². The minimum Gasteiger partial charge on any atom is -0.389 e. The van der Waals surface area contributed by atoms with Crippen LogP contribution >= 0.6 is 0 Å². The molecule has 2 fully saturated rings. The second-order valence-corrected chi connectivity index (χ2v) is 7.20. The molecule has 0 radical (unpaired) electrons. The number of aryl methyl sites for hydroxylation is 2. The fourth-order valence-corrected chi connectivity index (χ4v) is 3.98. The number of amides is 1. The van der Waals surface area contributed by atoms with Crippen molar-refractivity contribution in [2.75, 3.05) is 6.54 Å². The first kappa shape index (κ1) is 15.5. The average Bonchev–Trinajstić information content (AvgIpc) is 3.11. The Morgan fingerprint density at radius 3 is 2.64 bits per heavy atom. The molecule has 1 aromatic carbocycles. The molecule has 1 heterocycles. The maximum Gasteiger partial charge on any atom is 0.225 e. The lowest BCUT2D eigenvalue weighted by Crippen LogP contribution is -2.37. The summed E-state index contributed by atoms with van der Waals surface area (Å²) in [6.07, 6.45) is 6.04. The summed E-state index contributed by atoms with van der Waals surface area (Å²) in [5, 5.41) is 10.5. The highest BCUT2D eigenvalue weighted by atomic mass is 16.3. The molecule has 1 amide bonds. The standard InChI is InChI=1S/C19H27NO2/c1-14-7-8-16(12-15(14)2)17-6-5-11-20(17)18(21)13-19(22)9-3-4-10-19/h7-8,12,17,22H,3-6,9-11,13H2,1-2H3. The number of hydrogen-bond donors (Lipinski definition) is 1. The van der Waals surface area contributed by atoms with Crippen LogP contribution in [-0.2, 0) is 4.79 Å². The van der Waals surface area contributed by atoms with Crippen molar-refractivity contribution in [2.45, 2.75) is 70.4 Å². The maximum absolute atomic E-state index is 12.7. The molecule has 1 aromatic rings. The summed E-state index contributed by atoms with van der Waals surface area (Å²) in [7, 11) is 0. The molecule has 1 unspecified atom stereocenters. The first-order chi connectivity index (χ1) is 10.5. The van der Waals surface area contributed by atoms with Gasteiger partial charge in [0, 0.05) is 6.54 Å². The third-order valence-electron chi connectivity index (χ3n) is 5.50. The topological polar surface area (TPSA) is 40.5 Å². The lowest BCUT2D eigenvalue weighted by Gasteiger charge is -2.29. The van der Waals surface area contributed by atoms with E-state index in [-0.39, 0.29) is 11.9 Å². The summed E-state index contributed by atoms with van der Waals surface area (Å²) in [4.78, 5) is 14.7. The highest BCUT2D eigenvalue weighted by molar-refractivity contribution is 5.78. The molecule has 3 rings (SSSR count). The normalized spacial score (nSPS) is 24.0. The molecular formula is C19H27NO2. The third-order valence-corrected chi connectivity index (χ3v) is 5.50. The van der Waals surface area contributed by atoms with Crippen LogP contribution in [0, 0.1) is 13.8 Å². The van der Waals surface area contributed by atoms with Crippen molar-refractivity contribution in [3.8, 4) is 0 Å². The Bertz CT molecular complexity index is 561. The van der Waals surface area contributed by atoms with E-state index >= 15 is 0 Å². The van der Waals surface area contributed by atoms with Crippen LogP contribution in [0.2, 0.25) is 0 Å². The van der Waals surface area contributed by atoms with E-state index < -0.39 is 5.60 Å². The Morgan fingerprint density at radius 1 is 1.23 bits per heavy atom. The van der Waals surface area contributed by atoms with Crippen LogP contribution < -0.4 is 0 Å². The fourth-order valence-electron chi connectivity index (χ4n) is 3.98. The summed E-state index contributed by atoms with van der Waals surface area (Å²) < 4.78 is 0. The van der Waals surface area contributed by atoms with Gasteiger partial charge < -0.3 is 10.0 Å². The Balaban J connectivity index is 1.74. The number of carbonyl (C=O) groups is 1. The molecule has 120 valence electrons. The van der Waals surface area contributed by atoms with Crippen LogP contribution in [0.5, 0.6) is 0 Å². The second kappa shape index (κ2) is 6.04. The zero-order chi connectivity index (χ0) is 15.7. The zero-order valence-corrected chi connectivity index (χ0v) is 13.8. The highest BCUT2D eigenvalue weighted by Gasteiger charge is 2.38. The molecule has 0 aromatic heterocycles. The van der Waals surface area contributed by atoms with E-state index in [2.05, 4.69) is 32.0 Å². The fraction of sp³-hybridized carbons (Fsp3) is 0.632. The molecule has 1 atom stereocenters. The summed E-state index contributed by atoms with van der Waals surface area (Å²) in [5.41, 5.74) is 3.08. The molecule has 1 aliphatic carbocycles. The van der Waals surface area contributed by atoms with E-state index in [1.54, 1.807) is 0 Å². The van der Waals surface area contributed by atoms with Gasteiger partial charge in [-0.25, -0.2) is 0 Å². The quantitative estimate of drug-likeness (QED) is 0.925. The Kier molecular flexibility index (Phi) is 4.26. The highest BCUT2D eigenvalue weighted by Crippen LogP contribution is 2.37. The van der Waals surface area contributed by atoms with Gasteiger partial charge in [0.15, 0.2) is 0 Å². The first-order valence-corrected chi connectivity index (χ1v) is 8.57. The van der Waals surface area contributed by atoms with Crippen LogP contribution in [0.1, 0.15) is 67.7 Å². The van der Waals surface area contributed by atoms with Crippen molar-refractivity contribution in [3.63, 3.8) is 0 Å². The molecule has 1 saturated carbocycles. The molecule has 3 nitrogen and oxygen atoms in total. The number of hydrogen-bond acceptors (Lipinski definition) is 2. The minimum absolute atomic E-state index is 0.130. The molecule has 0 spiro atoms. The van der Waals surface area contributed by atoms with Gasteiger partial charge in [0.25, 0.3) is 0 Å². The minimum atomic E-state index is -0.743. The third kappa shape index (κ3) is 3.05. The smallest absolute Gasteiger partial charge is 0.225 e. The molecule has 2 aliphatic rings. The van der Waals surface area contributed by atoms with Gasteiger partial charge in [-0.15, -0.1) is 0 Å². The lowest BCUT2D eigenvalue weighted by atomic mass is 9.96. The molecule has 3 heteroatoms. The van der Waals surface area contributed by atoms with Gasteiger partial charge in [-0.3, -0.25) is 4.79 Å². The number of nitrogens with zero attached hydrogens (tertiary/aromatic N) is 1. The van der Waals surface area contributed by atoms with Gasteiger partial charge in [0.05, 0.1) is 18.1 Å². The monoisotopic (exact) mass is 301 g/mol.